The Balaban J connectivity index is 2.57. The highest BCUT2D eigenvalue weighted by Gasteiger charge is 2.29. The lowest BCUT2D eigenvalue weighted by molar-refractivity contribution is -0.385. The van der Waals surface area contributed by atoms with Crippen LogP contribution in [0.1, 0.15) is 5.56 Å². The summed E-state index contributed by atoms with van der Waals surface area (Å²) in [4.78, 5) is 22.1. The monoisotopic (exact) mass is 393 g/mol. The summed E-state index contributed by atoms with van der Waals surface area (Å²) in [5, 5.41) is 13.5. The van der Waals surface area contributed by atoms with Gasteiger partial charge >= 0.3 is 0 Å². The number of nitro benzene ring substituents is 1. The highest BCUT2D eigenvalue weighted by molar-refractivity contribution is 7.92. The lowest BCUT2D eigenvalue weighted by Gasteiger charge is -2.24. The number of nitro groups is 1. The van der Waals surface area contributed by atoms with Crippen LogP contribution in [0.3, 0.4) is 0 Å². The lowest BCUT2D eigenvalue weighted by Crippen LogP contribution is -2.39. The van der Waals surface area contributed by atoms with Crippen molar-refractivity contribution in [2.24, 2.45) is 0 Å². The third-order valence-corrected chi connectivity index (χ3v) is 5.66. The van der Waals surface area contributed by atoms with Crippen LogP contribution in [0, 0.1) is 17.0 Å². The van der Waals surface area contributed by atoms with Gasteiger partial charge in [0, 0.05) is 18.7 Å². The van der Waals surface area contributed by atoms with Crippen molar-refractivity contribution in [1.82, 2.24) is 5.32 Å². The third kappa shape index (κ3) is 4.34. The van der Waals surface area contributed by atoms with E-state index >= 15 is 0 Å². The molecule has 0 saturated carbocycles. The van der Waals surface area contributed by atoms with E-state index in [1.54, 1.807) is 12.1 Å². The van der Waals surface area contributed by atoms with E-state index in [2.05, 4.69) is 5.32 Å². The standard InChI is InChI=1S/C17H19N3O6S/c1-12-4-9-15(10-16(12)20(22)23)27(24,25)19(11-17(21)18-2)13-5-7-14(26-3)8-6-13/h4-10H,11H2,1-3H3,(H,18,21). The molecule has 0 saturated heterocycles. The summed E-state index contributed by atoms with van der Waals surface area (Å²) in [6.07, 6.45) is 0. The Kier molecular flexibility index (Phi) is 6.01. The number of rotatable bonds is 7. The van der Waals surface area contributed by atoms with Crippen molar-refractivity contribution in [2.45, 2.75) is 11.8 Å². The maximum atomic E-state index is 13.1. The molecule has 2 aromatic rings. The fourth-order valence-electron chi connectivity index (χ4n) is 2.35. The van der Waals surface area contributed by atoms with E-state index in [9.17, 15) is 23.3 Å². The second-order valence-electron chi connectivity index (χ2n) is 5.59. The molecule has 0 aliphatic rings. The number of methoxy groups -OCH3 is 1. The minimum absolute atomic E-state index is 0.225. The van der Waals surface area contributed by atoms with Gasteiger partial charge in [-0.15, -0.1) is 0 Å². The molecular weight excluding hydrogens is 374 g/mol. The van der Waals surface area contributed by atoms with E-state index in [0.717, 1.165) is 10.4 Å². The van der Waals surface area contributed by atoms with Gasteiger partial charge in [-0.3, -0.25) is 19.2 Å². The zero-order valence-electron chi connectivity index (χ0n) is 15.0. The third-order valence-electron chi connectivity index (χ3n) is 3.89. The summed E-state index contributed by atoms with van der Waals surface area (Å²) in [6, 6.07) is 9.71. The number of likely N-dealkylation sites (N-methyl/N-ethyl adjacent to an activating group) is 1. The number of anilines is 1. The molecule has 10 heteroatoms. The molecule has 9 nitrogen and oxygen atoms in total. The van der Waals surface area contributed by atoms with E-state index in [-0.39, 0.29) is 16.3 Å². The predicted octanol–water partition coefficient (Wildman–Crippen LogP) is 1.85. The van der Waals surface area contributed by atoms with Crippen LogP contribution in [0.15, 0.2) is 47.4 Å². The number of hydrogen-bond acceptors (Lipinski definition) is 6. The van der Waals surface area contributed by atoms with Crippen molar-refractivity contribution >= 4 is 27.3 Å². The number of hydrogen-bond donors (Lipinski definition) is 1. The first kappa shape index (κ1) is 20.2. The second-order valence-corrected chi connectivity index (χ2v) is 7.45. The van der Waals surface area contributed by atoms with Crippen LogP contribution in [0.5, 0.6) is 5.75 Å². The average Bonchev–Trinajstić information content (AvgIpc) is 2.65. The van der Waals surface area contributed by atoms with Crippen molar-refractivity contribution in [3.8, 4) is 5.75 Å². The van der Waals surface area contributed by atoms with Crippen molar-refractivity contribution in [2.75, 3.05) is 25.0 Å². The summed E-state index contributed by atoms with van der Waals surface area (Å²) < 4.78 is 32.2. The van der Waals surface area contributed by atoms with Gasteiger partial charge in [0.1, 0.15) is 12.3 Å². The molecule has 0 aliphatic heterocycles. The fourth-order valence-corrected chi connectivity index (χ4v) is 3.79. The van der Waals surface area contributed by atoms with Crippen LogP contribution < -0.4 is 14.4 Å². The molecule has 27 heavy (non-hydrogen) atoms. The Morgan fingerprint density at radius 3 is 2.37 bits per heavy atom. The Bertz CT molecular complexity index is 957. The van der Waals surface area contributed by atoms with Gasteiger partial charge in [-0.2, -0.15) is 0 Å². The molecule has 0 spiro atoms. The molecule has 0 bridgehead atoms. The van der Waals surface area contributed by atoms with Gasteiger partial charge < -0.3 is 10.1 Å². The van der Waals surface area contributed by atoms with E-state index in [1.165, 1.54) is 45.3 Å². The highest BCUT2D eigenvalue weighted by atomic mass is 32.2. The molecule has 2 aromatic carbocycles. The average molecular weight is 393 g/mol. The number of ether oxygens (including phenoxy) is 1. The molecular formula is C17H19N3O6S. The van der Waals surface area contributed by atoms with Crippen LogP contribution in [0.2, 0.25) is 0 Å². The maximum Gasteiger partial charge on any atom is 0.273 e. The minimum Gasteiger partial charge on any atom is -0.497 e. The Labute approximate surface area is 156 Å². The number of carbonyl (C=O) groups excluding carboxylic acids is 1. The summed E-state index contributed by atoms with van der Waals surface area (Å²) in [5.41, 5.74) is 0.245. The quantitative estimate of drug-likeness (QED) is 0.566. The number of aryl methyl sites for hydroxylation is 1. The second kappa shape index (κ2) is 8.04. The van der Waals surface area contributed by atoms with Crippen LogP contribution in [0.4, 0.5) is 11.4 Å². The van der Waals surface area contributed by atoms with E-state index in [0.29, 0.717) is 11.3 Å². The van der Waals surface area contributed by atoms with Crippen molar-refractivity contribution in [1.29, 1.82) is 0 Å². The van der Waals surface area contributed by atoms with E-state index in [1.807, 2.05) is 0 Å². The van der Waals surface area contributed by atoms with Crippen molar-refractivity contribution in [3.63, 3.8) is 0 Å². The van der Waals surface area contributed by atoms with Gasteiger partial charge in [0.2, 0.25) is 5.91 Å². The fraction of sp³-hybridized carbons (Fsp3) is 0.235. The summed E-state index contributed by atoms with van der Waals surface area (Å²) in [5.74, 6) is -0.0157. The Hall–Kier alpha value is -3.14. The smallest absolute Gasteiger partial charge is 0.273 e. The molecule has 2 rings (SSSR count). The van der Waals surface area contributed by atoms with Gasteiger partial charge in [-0.25, -0.2) is 8.42 Å². The molecule has 1 N–H and O–H groups in total. The number of nitrogens with one attached hydrogen (secondary N) is 1. The Morgan fingerprint density at radius 2 is 1.85 bits per heavy atom. The number of amides is 1. The SMILES string of the molecule is CNC(=O)CN(c1ccc(OC)cc1)S(=O)(=O)c1ccc(C)c([N+](=O)[O-])c1. The number of nitrogens with zero attached hydrogens (tertiary/aromatic N) is 2. The van der Waals surface area contributed by atoms with E-state index in [4.69, 9.17) is 4.74 Å². The first-order valence-corrected chi connectivity index (χ1v) is 9.27. The first-order valence-electron chi connectivity index (χ1n) is 7.83. The summed E-state index contributed by atoms with van der Waals surface area (Å²) in [6.45, 7) is 1.03. The number of benzene rings is 2. The molecule has 0 fully saturated rings. The zero-order valence-corrected chi connectivity index (χ0v) is 15.8. The normalized spacial score (nSPS) is 10.9. The molecule has 0 aromatic heterocycles. The van der Waals surface area contributed by atoms with Gasteiger partial charge in [0.25, 0.3) is 15.7 Å². The first-order chi connectivity index (χ1) is 12.7. The maximum absolute atomic E-state index is 13.1. The predicted molar refractivity (Wildman–Crippen MR) is 99.4 cm³/mol. The Morgan fingerprint density at radius 1 is 1.22 bits per heavy atom. The van der Waals surface area contributed by atoms with Gasteiger partial charge in [0.15, 0.2) is 0 Å². The van der Waals surface area contributed by atoms with Crippen LogP contribution in [0.25, 0.3) is 0 Å². The van der Waals surface area contributed by atoms with Crippen molar-refractivity contribution in [3.05, 3.63) is 58.1 Å². The zero-order chi connectivity index (χ0) is 20.2. The summed E-state index contributed by atoms with van der Waals surface area (Å²) in [7, 11) is -1.37. The molecule has 0 unspecified atom stereocenters. The van der Waals surface area contributed by atoms with Gasteiger partial charge in [-0.1, -0.05) is 6.07 Å². The van der Waals surface area contributed by atoms with Crippen LogP contribution in [-0.4, -0.2) is 40.0 Å². The molecule has 1 amide bonds. The number of carbonyl (C=O) groups is 1. The number of sulfonamides is 1. The van der Waals surface area contributed by atoms with Gasteiger partial charge in [-0.05, 0) is 37.3 Å². The molecule has 0 radical (unpaired) electrons. The largest absolute Gasteiger partial charge is 0.497 e. The van der Waals surface area contributed by atoms with E-state index < -0.39 is 27.4 Å². The molecule has 0 aliphatic carbocycles. The highest BCUT2D eigenvalue weighted by Crippen LogP contribution is 2.28. The van der Waals surface area contributed by atoms with Crippen LogP contribution >= 0.6 is 0 Å². The lowest BCUT2D eigenvalue weighted by atomic mass is 10.2. The van der Waals surface area contributed by atoms with Crippen LogP contribution in [-0.2, 0) is 14.8 Å². The van der Waals surface area contributed by atoms with Crippen molar-refractivity contribution < 1.29 is 22.9 Å². The molecule has 0 heterocycles. The topological polar surface area (TPSA) is 119 Å². The summed E-state index contributed by atoms with van der Waals surface area (Å²) >= 11 is 0. The van der Waals surface area contributed by atoms with Gasteiger partial charge in [0.05, 0.1) is 22.6 Å². The molecule has 0 atom stereocenters. The minimum atomic E-state index is -4.22. The molecule has 144 valence electrons.